The third kappa shape index (κ3) is 24.5. The molecular weight excluding hydrogens is 2510 g/mol. The molecule has 0 saturated heterocycles. The number of pyridine rings is 6. The SMILES string of the molecule is CC(C)(C)c1c[c-]n(-c2cccc(C(C)(C)c3cccc(-n4[c-]cc(C(C)(C)C)n4)n3)n2)n1.CC(C)(c1cccc(-n2[c-]cc(C(F)(F)F)n2)n1)c1cccc(-n2[c-]cc(C(F)(F)F)n2)n1.CCC1=C(CC)c2cc3[n-]c(cc4nc(cc5[n-]c(cc1n2)c(CC)c5CC)C(CC)=C4CC)c(CC)c3CC.[C-]#[N+]c1cc[c-]c(-c2cccc(C(C)(C)c3cccc(-c4[c-]ccc(C#N)c4)n3)n2)c1.[Pt+2].[Pt+2].[Pt+2].[Pt+2]. The van der Waals surface area contributed by atoms with Gasteiger partial charge in [-0.2, -0.15) is 37.7 Å². The Balaban J connectivity index is 0.000000192. The molecule has 0 aliphatic carbocycles. The van der Waals surface area contributed by atoms with Gasteiger partial charge in [0.15, 0.2) is 0 Å². The summed E-state index contributed by atoms with van der Waals surface area (Å²) < 4.78 is 82.4. The van der Waals surface area contributed by atoms with E-state index in [0.717, 1.165) is 186 Å². The molecule has 0 atom stereocenters. The number of aryl methyl sites for hydroxylation is 4. The van der Waals surface area contributed by atoms with Crippen molar-refractivity contribution < 1.29 is 111 Å². The van der Waals surface area contributed by atoms with Gasteiger partial charge < -0.3 is 38.7 Å². The molecule has 734 valence electrons. The van der Waals surface area contributed by atoms with E-state index in [1.165, 1.54) is 56.7 Å². The molecular formula is C111H108F6N20Pt4. The normalized spacial score (nSPS) is 12.3. The van der Waals surface area contributed by atoms with E-state index in [2.05, 4.69) is 217 Å². The van der Waals surface area contributed by atoms with Gasteiger partial charge in [-0.1, -0.05) is 241 Å². The number of alkyl halides is 6. The van der Waals surface area contributed by atoms with Crippen LogP contribution in [-0.4, -0.2) is 79.0 Å². The minimum Gasteiger partial charge on any atom is -0.657 e. The zero-order valence-corrected chi connectivity index (χ0v) is 91.2. The predicted molar refractivity (Wildman–Crippen MR) is 524 cm³/mol. The van der Waals surface area contributed by atoms with E-state index in [4.69, 9.17) is 56.6 Å². The van der Waals surface area contributed by atoms with Gasteiger partial charge in [0.25, 0.3) is 0 Å². The molecule has 2 aliphatic heterocycles. The monoisotopic (exact) mass is 2610 g/mol. The number of hydrogen-bond donors (Lipinski definition) is 0. The molecule has 15 aromatic rings. The van der Waals surface area contributed by atoms with Gasteiger partial charge in [-0.25, -0.2) is 9.97 Å². The number of aromatic nitrogens is 18. The molecule has 0 fully saturated rings. The van der Waals surface area contributed by atoms with Gasteiger partial charge >= 0.3 is 96.6 Å². The van der Waals surface area contributed by atoms with Gasteiger partial charge in [0.2, 0.25) is 0 Å². The van der Waals surface area contributed by atoms with Crippen LogP contribution in [0.4, 0.5) is 32.0 Å². The molecule has 0 amide bonds. The van der Waals surface area contributed by atoms with E-state index in [0.29, 0.717) is 22.6 Å². The fraction of sp³-hybridized carbons (Fsp3) is 0.315. The smallest absolute Gasteiger partial charge is 0.657 e. The van der Waals surface area contributed by atoms with Crippen molar-refractivity contribution in [2.45, 2.75) is 229 Å². The molecule has 30 heteroatoms. The molecule has 20 nitrogen and oxygen atoms in total. The summed E-state index contributed by atoms with van der Waals surface area (Å²) in [4.78, 5) is 52.9. The van der Waals surface area contributed by atoms with Crippen LogP contribution >= 0.6 is 0 Å². The topological polar surface area (TPSA) is 231 Å². The maximum absolute atomic E-state index is 12.9. The van der Waals surface area contributed by atoms with E-state index in [1.807, 2.05) is 84.9 Å². The molecule has 0 unspecified atom stereocenters. The molecule has 17 rings (SSSR count). The molecule has 141 heavy (non-hydrogen) atoms. The summed E-state index contributed by atoms with van der Waals surface area (Å²) in [5.74, 6) is 1.70. The Morgan fingerprint density at radius 3 is 0.851 bits per heavy atom. The summed E-state index contributed by atoms with van der Waals surface area (Å²) >= 11 is 0. The van der Waals surface area contributed by atoms with Crippen LogP contribution in [0.1, 0.15) is 272 Å². The minimum atomic E-state index is -4.61. The first-order valence-corrected chi connectivity index (χ1v) is 46.1. The molecule has 0 saturated carbocycles. The summed E-state index contributed by atoms with van der Waals surface area (Å²) in [7, 11) is 0. The Bertz CT molecular complexity index is 6580. The van der Waals surface area contributed by atoms with Crippen molar-refractivity contribution >= 4 is 50.0 Å². The van der Waals surface area contributed by atoms with Crippen molar-refractivity contribution in [2.75, 3.05) is 0 Å². The number of benzene rings is 2. The molecule has 15 heterocycles. The quantitative estimate of drug-likeness (QED) is 0.0510. The van der Waals surface area contributed by atoms with Crippen molar-refractivity contribution in [2.24, 2.45) is 0 Å². The Hall–Kier alpha value is -11.9. The number of nitriles is 1. The first kappa shape index (κ1) is 111. The largest absolute Gasteiger partial charge is 2.00 e. The van der Waals surface area contributed by atoms with E-state index in [1.54, 1.807) is 83.9 Å². The van der Waals surface area contributed by atoms with Gasteiger partial charge in [0.05, 0.1) is 70.1 Å². The zero-order valence-electron chi connectivity index (χ0n) is 82.1. The second kappa shape index (κ2) is 46.0. The first-order valence-electron chi connectivity index (χ1n) is 46.1. The van der Waals surface area contributed by atoms with Crippen LogP contribution in [0.3, 0.4) is 0 Å². The molecule has 0 N–H and O–H groups in total. The first-order chi connectivity index (χ1) is 65.2. The van der Waals surface area contributed by atoms with Gasteiger partial charge in [0.1, 0.15) is 5.69 Å². The van der Waals surface area contributed by atoms with Crippen LogP contribution in [0.5, 0.6) is 0 Å². The van der Waals surface area contributed by atoms with Gasteiger partial charge in [-0.05, 0) is 191 Å². The maximum Gasteiger partial charge on any atom is 2.00 e. The van der Waals surface area contributed by atoms with Crippen molar-refractivity contribution in [3.8, 4) is 51.9 Å². The average Bonchev–Trinajstić information content (AvgIpc) is 1.65. The van der Waals surface area contributed by atoms with Crippen LogP contribution in [0.25, 0.3) is 95.0 Å². The fourth-order valence-corrected chi connectivity index (χ4v) is 16.7. The number of halogens is 6. The maximum atomic E-state index is 12.9. The Morgan fingerprint density at radius 1 is 0.326 bits per heavy atom. The molecule has 8 bridgehead atoms. The number of hydrogen-bond acceptors (Lipinski definition) is 13. The Labute approximate surface area is 878 Å². The van der Waals surface area contributed by atoms with E-state index >= 15 is 0 Å². The number of nitrogens with zero attached hydrogens (tertiary/aromatic N) is 20. The van der Waals surface area contributed by atoms with Crippen LogP contribution in [0, 0.1) is 54.8 Å². The van der Waals surface area contributed by atoms with Crippen molar-refractivity contribution in [1.29, 1.82) is 5.26 Å². The number of rotatable bonds is 20. The standard InChI is InChI=1S/C36H44N4.C27H32N6.C27H18N4.C21H14F6N6.4Pt/c1-9-21-22(10-2)30-18-32-25(13-5)26(14-6)34(39-32)20-36-28(16-8)27(15-7)35(40-36)19-33-24(12-4)23(11-3)31(38-33)17-29(21)37-30;1-25(2,3)19-15-17-32(30-19)23-13-9-11-21(28-23)27(7,8)22-12-10-14-24(29-22)33-18-16-20(31-33)26(4,5)6;1-27(2,25-14-6-12-23(30-25)20-9-4-8-19(16-20)18-28)26-15-7-13-24(31-26)21-10-5-11-22(17-21)29-3;1-19(2,13-5-3-7-17(28-13)32-11-9-15(30-32)20(22,23)24)14-6-4-8-18(29-14)33-12-10-16(31-33)21(25,26)27;;;;/h17-20H,9-16H2,1-8H3;9-16H,1-8H3;4-8,11-17H,1-2H3;3-10H,1-2H3;;;;/q4*-2;4*+2. The van der Waals surface area contributed by atoms with E-state index in [-0.39, 0.29) is 107 Å². The molecule has 13 aromatic heterocycles. The number of allylic oxidation sites excluding steroid dienone is 4. The fourth-order valence-electron chi connectivity index (χ4n) is 16.7. The van der Waals surface area contributed by atoms with Gasteiger partial charge in [-0.3, -0.25) is 45.2 Å². The summed E-state index contributed by atoms with van der Waals surface area (Å²) in [5.41, 5.74) is 25.7. The van der Waals surface area contributed by atoms with E-state index < -0.39 is 40.0 Å². The summed E-state index contributed by atoms with van der Waals surface area (Å²) in [5, 5.41) is 25.5. The predicted octanol–water partition coefficient (Wildman–Crippen LogP) is 25.6. The van der Waals surface area contributed by atoms with Crippen molar-refractivity contribution in [3.05, 3.63) is 350 Å². The van der Waals surface area contributed by atoms with Crippen LogP contribution in [-0.2, 0) is 149 Å². The summed E-state index contributed by atoms with van der Waals surface area (Å²) in [6, 6.07) is 66.5. The second-order valence-corrected chi connectivity index (χ2v) is 36.9. The summed E-state index contributed by atoms with van der Waals surface area (Å²) in [6.07, 6.45) is 9.57. The Morgan fingerprint density at radius 2 is 0.596 bits per heavy atom. The molecule has 0 spiro atoms. The zero-order chi connectivity index (χ0) is 98.4. The summed E-state index contributed by atoms with van der Waals surface area (Å²) in [6.45, 7) is 50.0. The van der Waals surface area contributed by atoms with E-state index in [9.17, 15) is 31.6 Å². The second-order valence-electron chi connectivity index (χ2n) is 36.9. The average molecular weight is 2620 g/mol. The molecule has 2 aromatic carbocycles. The van der Waals surface area contributed by atoms with Crippen LogP contribution in [0.15, 0.2) is 194 Å². The molecule has 2 aliphatic rings. The van der Waals surface area contributed by atoms with Crippen molar-refractivity contribution in [3.63, 3.8) is 0 Å². The molecule has 0 radical (unpaired) electrons. The Kier molecular flexibility index (Phi) is 36.2. The third-order valence-electron chi connectivity index (χ3n) is 24.6. The van der Waals surface area contributed by atoms with Crippen LogP contribution in [0.2, 0.25) is 0 Å². The van der Waals surface area contributed by atoms with Gasteiger partial charge in [-0.15, -0.1) is 99.9 Å². The minimum absolute atomic E-state index is 0. The number of fused-ring (bicyclic) bond motifs is 8. The van der Waals surface area contributed by atoms with Gasteiger partial charge in [0, 0.05) is 50.4 Å². The van der Waals surface area contributed by atoms with Crippen LogP contribution < -0.4 is 9.97 Å². The van der Waals surface area contributed by atoms with Crippen molar-refractivity contribution in [1.82, 2.24) is 89.0 Å². The third-order valence-corrected chi connectivity index (χ3v) is 24.6.